The number of benzene rings is 2. The zero-order valence-electron chi connectivity index (χ0n) is 14.2. The van der Waals surface area contributed by atoms with E-state index in [2.05, 4.69) is 47.1 Å². The van der Waals surface area contributed by atoms with Gasteiger partial charge in [0.2, 0.25) is 0 Å². The molecule has 0 saturated carbocycles. The molecule has 0 radical (unpaired) electrons. The Balaban J connectivity index is 1.58. The fourth-order valence-electron chi connectivity index (χ4n) is 3.42. The van der Waals surface area contributed by atoms with E-state index in [1.165, 1.54) is 11.1 Å². The average Bonchev–Trinajstić information content (AvgIpc) is 3.11. The van der Waals surface area contributed by atoms with Crippen molar-refractivity contribution in [2.24, 2.45) is 0 Å². The SMILES string of the molecule is COc1ccc(C2CNC3NC=CC=C32)cc1OCc1ccccc1. The van der Waals surface area contributed by atoms with Crippen LogP contribution in [0.15, 0.2) is 72.5 Å². The number of rotatable bonds is 5. The molecule has 128 valence electrons. The van der Waals surface area contributed by atoms with E-state index in [9.17, 15) is 0 Å². The molecule has 2 aromatic carbocycles. The van der Waals surface area contributed by atoms with E-state index < -0.39 is 0 Å². The Labute approximate surface area is 148 Å². The van der Waals surface area contributed by atoms with Gasteiger partial charge in [-0.15, -0.1) is 0 Å². The second-order valence-corrected chi connectivity index (χ2v) is 6.27. The molecule has 1 fully saturated rings. The smallest absolute Gasteiger partial charge is 0.161 e. The molecule has 4 heteroatoms. The van der Waals surface area contributed by atoms with Crippen LogP contribution in [0.3, 0.4) is 0 Å². The van der Waals surface area contributed by atoms with Gasteiger partial charge in [-0.3, -0.25) is 5.32 Å². The van der Waals surface area contributed by atoms with Gasteiger partial charge in [0.15, 0.2) is 11.5 Å². The lowest BCUT2D eigenvalue weighted by Gasteiger charge is -2.20. The van der Waals surface area contributed by atoms with E-state index in [1.54, 1.807) is 7.11 Å². The Morgan fingerprint density at radius 3 is 2.80 bits per heavy atom. The summed E-state index contributed by atoms with van der Waals surface area (Å²) in [7, 11) is 1.68. The molecule has 0 aromatic heterocycles. The van der Waals surface area contributed by atoms with Crippen LogP contribution in [-0.4, -0.2) is 19.8 Å². The molecule has 0 spiro atoms. The lowest BCUT2D eigenvalue weighted by atomic mass is 9.91. The van der Waals surface area contributed by atoms with E-state index in [4.69, 9.17) is 9.47 Å². The normalized spacial score (nSPS) is 21.2. The van der Waals surface area contributed by atoms with Crippen LogP contribution in [0.25, 0.3) is 0 Å². The summed E-state index contributed by atoms with van der Waals surface area (Å²) in [5, 5.41) is 6.86. The molecule has 4 nitrogen and oxygen atoms in total. The second kappa shape index (κ2) is 7.03. The van der Waals surface area contributed by atoms with Crippen molar-refractivity contribution in [3.63, 3.8) is 0 Å². The third-order valence-corrected chi connectivity index (χ3v) is 4.74. The summed E-state index contributed by atoms with van der Waals surface area (Å²) in [5.74, 6) is 1.89. The number of allylic oxidation sites excluding steroid dienone is 2. The Morgan fingerprint density at radius 2 is 1.96 bits per heavy atom. The van der Waals surface area contributed by atoms with Gasteiger partial charge in [0.25, 0.3) is 0 Å². The van der Waals surface area contributed by atoms with Crippen molar-refractivity contribution in [1.29, 1.82) is 0 Å². The van der Waals surface area contributed by atoms with Crippen LogP contribution in [0.1, 0.15) is 17.0 Å². The van der Waals surface area contributed by atoms with Crippen molar-refractivity contribution in [1.82, 2.24) is 10.6 Å². The minimum absolute atomic E-state index is 0.228. The van der Waals surface area contributed by atoms with E-state index in [-0.39, 0.29) is 6.17 Å². The molecule has 2 aliphatic rings. The topological polar surface area (TPSA) is 42.5 Å². The number of ether oxygens (including phenoxy) is 2. The van der Waals surface area contributed by atoms with Gasteiger partial charge in [0, 0.05) is 12.5 Å². The molecule has 2 N–H and O–H groups in total. The third kappa shape index (κ3) is 3.26. The van der Waals surface area contributed by atoms with Gasteiger partial charge in [-0.25, -0.2) is 0 Å². The Kier molecular flexibility index (Phi) is 4.44. The molecule has 0 aliphatic carbocycles. The van der Waals surface area contributed by atoms with Crippen LogP contribution in [0.4, 0.5) is 0 Å². The van der Waals surface area contributed by atoms with Gasteiger partial charge >= 0.3 is 0 Å². The van der Waals surface area contributed by atoms with Crippen LogP contribution < -0.4 is 20.1 Å². The summed E-state index contributed by atoms with van der Waals surface area (Å²) in [4.78, 5) is 0. The molecular formula is C21H22N2O2. The average molecular weight is 334 g/mol. The largest absolute Gasteiger partial charge is 0.493 e. The zero-order chi connectivity index (χ0) is 17.1. The summed E-state index contributed by atoms with van der Waals surface area (Å²) in [6.07, 6.45) is 6.46. The number of fused-ring (bicyclic) bond motifs is 1. The van der Waals surface area contributed by atoms with Gasteiger partial charge in [0.1, 0.15) is 6.61 Å². The summed E-state index contributed by atoms with van der Waals surface area (Å²) >= 11 is 0. The number of hydrogen-bond donors (Lipinski definition) is 2. The monoisotopic (exact) mass is 334 g/mol. The molecule has 2 aromatic rings. The molecule has 1 saturated heterocycles. The van der Waals surface area contributed by atoms with Crippen LogP contribution in [0, 0.1) is 0 Å². The van der Waals surface area contributed by atoms with Gasteiger partial charge in [0.05, 0.1) is 13.3 Å². The van der Waals surface area contributed by atoms with E-state index in [0.29, 0.717) is 12.5 Å². The van der Waals surface area contributed by atoms with E-state index in [1.807, 2.05) is 30.5 Å². The van der Waals surface area contributed by atoms with Crippen molar-refractivity contribution in [2.45, 2.75) is 18.7 Å². The number of nitrogens with one attached hydrogen (secondary N) is 2. The first-order valence-corrected chi connectivity index (χ1v) is 8.56. The van der Waals surface area contributed by atoms with Crippen LogP contribution in [0.2, 0.25) is 0 Å². The lowest BCUT2D eigenvalue weighted by Crippen LogP contribution is -2.35. The van der Waals surface area contributed by atoms with Crippen molar-refractivity contribution in [2.75, 3.05) is 13.7 Å². The molecule has 4 rings (SSSR count). The molecule has 25 heavy (non-hydrogen) atoms. The first kappa shape index (κ1) is 15.8. The maximum absolute atomic E-state index is 6.06. The molecule has 2 heterocycles. The molecule has 2 aliphatic heterocycles. The van der Waals surface area contributed by atoms with Crippen molar-refractivity contribution < 1.29 is 9.47 Å². The molecule has 0 bridgehead atoms. The van der Waals surface area contributed by atoms with Crippen molar-refractivity contribution >= 4 is 0 Å². The van der Waals surface area contributed by atoms with Crippen molar-refractivity contribution in [3.05, 3.63) is 83.6 Å². The fraction of sp³-hybridized carbons (Fsp3) is 0.238. The van der Waals surface area contributed by atoms with Gasteiger partial charge in [-0.05, 0) is 41.1 Å². The highest BCUT2D eigenvalue weighted by atomic mass is 16.5. The van der Waals surface area contributed by atoms with Gasteiger partial charge in [-0.1, -0.05) is 42.5 Å². The number of hydrogen-bond acceptors (Lipinski definition) is 4. The summed E-state index contributed by atoms with van der Waals surface area (Å²) in [5.41, 5.74) is 3.74. The minimum atomic E-state index is 0.228. The molecular weight excluding hydrogens is 312 g/mol. The van der Waals surface area contributed by atoms with Crippen LogP contribution in [-0.2, 0) is 6.61 Å². The minimum Gasteiger partial charge on any atom is -0.493 e. The van der Waals surface area contributed by atoms with Crippen LogP contribution >= 0.6 is 0 Å². The molecule has 2 atom stereocenters. The third-order valence-electron chi connectivity index (χ3n) is 4.74. The fourth-order valence-corrected chi connectivity index (χ4v) is 3.42. The Hall–Kier alpha value is -2.72. The predicted molar refractivity (Wildman–Crippen MR) is 98.7 cm³/mol. The van der Waals surface area contributed by atoms with Crippen LogP contribution in [0.5, 0.6) is 11.5 Å². The molecule has 0 amide bonds. The first-order chi connectivity index (χ1) is 12.3. The highest BCUT2D eigenvalue weighted by molar-refractivity contribution is 5.48. The van der Waals surface area contributed by atoms with E-state index in [0.717, 1.165) is 23.6 Å². The highest BCUT2D eigenvalue weighted by Gasteiger charge is 2.31. The van der Waals surface area contributed by atoms with Gasteiger partial charge in [-0.2, -0.15) is 0 Å². The Bertz CT molecular complexity index is 799. The quantitative estimate of drug-likeness (QED) is 0.880. The Morgan fingerprint density at radius 1 is 1.08 bits per heavy atom. The molecule has 2 unspecified atom stereocenters. The van der Waals surface area contributed by atoms with Crippen molar-refractivity contribution in [3.8, 4) is 11.5 Å². The number of methoxy groups -OCH3 is 1. The van der Waals surface area contributed by atoms with Gasteiger partial charge < -0.3 is 14.8 Å². The summed E-state index contributed by atoms with van der Waals surface area (Å²) < 4.78 is 11.5. The number of dihydropyridines is 1. The zero-order valence-corrected chi connectivity index (χ0v) is 14.2. The lowest BCUT2D eigenvalue weighted by molar-refractivity contribution is 0.284. The maximum Gasteiger partial charge on any atom is 0.161 e. The summed E-state index contributed by atoms with van der Waals surface area (Å²) in [6.45, 7) is 1.44. The summed E-state index contributed by atoms with van der Waals surface area (Å²) in [6, 6.07) is 16.4. The van der Waals surface area contributed by atoms with E-state index >= 15 is 0 Å². The standard InChI is InChI=1S/C21H22N2O2/c1-24-19-10-9-16(18-13-23-21-17(18)8-5-11-22-21)12-20(19)25-14-15-6-3-2-4-7-15/h2-12,18,21-23H,13-14H2,1H3. The second-order valence-electron chi connectivity index (χ2n) is 6.27. The predicted octanol–water partition coefficient (Wildman–Crippen LogP) is 3.33. The highest BCUT2D eigenvalue weighted by Crippen LogP contribution is 2.37. The first-order valence-electron chi connectivity index (χ1n) is 8.56. The maximum atomic E-state index is 6.06.